The number of anilines is 3. The van der Waals surface area contributed by atoms with E-state index in [4.69, 9.17) is 0 Å². The molecule has 2 fully saturated rings. The molecule has 0 bridgehead atoms. The zero-order valence-electron chi connectivity index (χ0n) is 23.1. The van der Waals surface area contributed by atoms with Gasteiger partial charge in [0.25, 0.3) is 5.91 Å². The van der Waals surface area contributed by atoms with Gasteiger partial charge in [0.05, 0.1) is 23.3 Å². The predicted octanol–water partition coefficient (Wildman–Crippen LogP) is 3.21. The number of amides is 1. The van der Waals surface area contributed by atoms with Crippen LogP contribution in [-0.4, -0.2) is 83.9 Å². The lowest BCUT2D eigenvalue weighted by Crippen LogP contribution is -2.35. The Labute approximate surface area is 240 Å². The molecular formula is C29H32F2N8O3. The number of aryl methyl sites for hydroxylation is 1. The maximum atomic E-state index is 15.3. The fraction of sp³-hybridized carbons (Fsp3) is 0.414. The number of aliphatic hydroxyl groups is 2. The predicted molar refractivity (Wildman–Crippen MR) is 152 cm³/mol. The van der Waals surface area contributed by atoms with Crippen LogP contribution >= 0.6 is 0 Å². The van der Waals surface area contributed by atoms with Gasteiger partial charge in [-0.25, -0.2) is 28.7 Å². The highest BCUT2D eigenvalue weighted by molar-refractivity contribution is 5.95. The van der Waals surface area contributed by atoms with Crippen molar-refractivity contribution in [2.45, 2.75) is 50.9 Å². The minimum atomic E-state index is -1.04. The number of benzene rings is 1. The van der Waals surface area contributed by atoms with Gasteiger partial charge in [0, 0.05) is 56.4 Å². The van der Waals surface area contributed by atoms with Gasteiger partial charge < -0.3 is 29.9 Å². The van der Waals surface area contributed by atoms with Crippen LogP contribution in [0.4, 0.5) is 26.2 Å². The summed E-state index contributed by atoms with van der Waals surface area (Å²) in [5, 5.41) is 22.4. The number of hydrogen-bond donors (Lipinski definition) is 3. The first-order chi connectivity index (χ1) is 20.3. The van der Waals surface area contributed by atoms with Gasteiger partial charge in [-0.1, -0.05) is 13.3 Å². The van der Waals surface area contributed by atoms with Crippen LogP contribution in [0, 0.1) is 11.6 Å². The summed E-state index contributed by atoms with van der Waals surface area (Å²) in [6.45, 7) is 3.47. The SMILES string of the molecule is CCCc1cnc(N2CCC(n3cc(F)c4c(Nc5ccc(C(=O)N6C[C@@H](O)[C@H](O)C6)cc5F)ncnc43)CC2)nc1. The fourth-order valence-corrected chi connectivity index (χ4v) is 5.68. The maximum Gasteiger partial charge on any atom is 0.254 e. The molecule has 220 valence electrons. The van der Waals surface area contributed by atoms with Crippen LogP contribution in [0.2, 0.25) is 0 Å². The summed E-state index contributed by atoms with van der Waals surface area (Å²) in [4.78, 5) is 33.7. The van der Waals surface area contributed by atoms with Crippen molar-refractivity contribution < 1.29 is 23.8 Å². The van der Waals surface area contributed by atoms with Crippen molar-refractivity contribution in [2.24, 2.45) is 0 Å². The van der Waals surface area contributed by atoms with Crippen molar-refractivity contribution in [3.63, 3.8) is 0 Å². The molecular weight excluding hydrogens is 546 g/mol. The summed E-state index contributed by atoms with van der Waals surface area (Å²) in [6, 6.07) is 3.87. The van der Waals surface area contributed by atoms with Crippen LogP contribution in [0.3, 0.4) is 0 Å². The van der Waals surface area contributed by atoms with E-state index in [1.54, 1.807) is 0 Å². The van der Waals surface area contributed by atoms with Gasteiger partial charge in [0.1, 0.15) is 23.6 Å². The first-order valence-corrected chi connectivity index (χ1v) is 14.1. The normalized spacial score (nSPS) is 19.5. The van der Waals surface area contributed by atoms with Crippen LogP contribution in [0.5, 0.6) is 0 Å². The number of carbonyl (C=O) groups is 1. The third-order valence-corrected chi connectivity index (χ3v) is 7.95. The molecule has 11 nitrogen and oxygen atoms in total. The van der Waals surface area contributed by atoms with Gasteiger partial charge in [-0.05, 0) is 43.0 Å². The lowest BCUT2D eigenvalue weighted by Gasteiger charge is -2.32. The Morgan fingerprint density at radius 3 is 2.40 bits per heavy atom. The highest BCUT2D eigenvalue weighted by Crippen LogP contribution is 2.33. The fourth-order valence-electron chi connectivity index (χ4n) is 5.68. The Balaban J connectivity index is 1.17. The second-order valence-corrected chi connectivity index (χ2v) is 10.8. The number of carbonyl (C=O) groups excluding carboxylic acids is 1. The average molecular weight is 579 g/mol. The van der Waals surface area contributed by atoms with Crippen LogP contribution in [-0.2, 0) is 6.42 Å². The molecule has 5 heterocycles. The third kappa shape index (κ3) is 5.37. The number of β-amino-alcohol motifs (C(OH)–C–C–N with tert-alkyl or cyclic N) is 2. The molecule has 2 aliphatic heterocycles. The molecule has 1 amide bonds. The molecule has 0 saturated carbocycles. The molecule has 13 heteroatoms. The molecule has 4 aromatic rings. The molecule has 2 aliphatic rings. The quantitative estimate of drug-likeness (QED) is 0.302. The number of halogens is 2. The molecule has 2 saturated heterocycles. The summed E-state index contributed by atoms with van der Waals surface area (Å²) < 4.78 is 32.2. The van der Waals surface area contributed by atoms with E-state index in [-0.39, 0.29) is 41.6 Å². The van der Waals surface area contributed by atoms with Crippen molar-refractivity contribution in [1.82, 2.24) is 29.4 Å². The summed E-state index contributed by atoms with van der Waals surface area (Å²) in [5.74, 6) is -0.961. The zero-order valence-corrected chi connectivity index (χ0v) is 23.1. The summed E-state index contributed by atoms with van der Waals surface area (Å²) in [6.07, 6.45) is 7.86. The highest BCUT2D eigenvalue weighted by atomic mass is 19.1. The standard InChI is InChI=1S/C29H32F2N8O3/c1-2-3-17-11-32-29(33-12-17)37-8-6-19(7-9-37)39-13-21(31)25-26(34-16-35-27(25)39)36-22-5-4-18(10-20(22)30)28(42)38-14-23(40)24(41)15-38/h4-5,10-13,16,19,23-24,40-41H,2-3,6-9,14-15H2,1H3,(H,34,35,36)/t23-,24-/m1/s1. The van der Waals surface area contributed by atoms with Gasteiger partial charge >= 0.3 is 0 Å². The number of nitrogens with zero attached hydrogens (tertiary/aromatic N) is 7. The first-order valence-electron chi connectivity index (χ1n) is 14.1. The molecule has 2 atom stereocenters. The minimum Gasteiger partial charge on any atom is -0.388 e. The van der Waals surface area contributed by atoms with E-state index < -0.39 is 29.7 Å². The number of likely N-dealkylation sites (tertiary alicyclic amines) is 1. The van der Waals surface area contributed by atoms with Crippen molar-refractivity contribution in [2.75, 3.05) is 36.4 Å². The molecule has 42 heavy (non-hydrogen) atoms. The molecule has 1 aromatic carbocycles. The van der Waals surface area contributed by atoms with E-state index in [9.17, 15) is 15.0 Å². The Kier molecular flexibility index (Phi) is 7.69. The second-order valence-electron chi connectivity index (χ2n) is 10.8. The lowest BCUT2D eigenvalue weighted by molar-refractivity contribution is 0.0572. The number of fused-ring (bicyclic) bond motifs is 1. The van der Waals surface area contributed by atoms with Crippen molar-refractivity contribution in [1.29, 1.82) is 0 Å². The molecule has 3 N–H and O–H groups in total. The van der Waals surface area contributed by atoms with E-state index in [1.165, 1.54) is 29.6 Å². The van der Waals surface area contributed by atoms with Crippen molar-refractivity contribution >= 4 is 34.4 Å². The molecule has 0 radical (unpaired) electrons. The molecule has 6 rings (SSSR count). The van der Waals surface area contributed by atoms with Gasteiger partial charge in [0.15, 0.2) is 5.82 Å². The Bertz CT molecular complexity index is 1580. The van der Waals surface area contributed by atoms with E-state index in [0.29, 0.717) is 24.7 Å². The van der Waals surface area contributed by atoms with E-state index in [0.717, 1.165) is 37.3 Å². The summed E-state index contributed by atoms with van der Waals surface area (Å²) in [5.41, 5.74) is 1.60. The smallest absolute Gasteiger partial charge is 0.254 e. The first kappa shape index (κ1) is 27.9. The molecule has 0 aliphatic carbocycles. The average Bonchev–Trinajstić information content (AvgIpc) is 3.53. The van der Waals surface area contributed by atoms with E-state index in [2.05, 4.69) is 37.1 Å². The maximum absolute atomic E-state index is 15.3. The zero-order chi connectivity index (χ0) is 29.4. The number of hydrogen-bond acceptors (Lipinski definition) is 9. The molecule has 0 spiro atoms. The van der Waals surface area contributed by atoms with Gasteiger partial charge in [0.2, 0.25) is 5.95 Å². The van der Waals surface area contributed by atoms with Crippen LogP contribution in [0.1, 0.15) is 48.1 Å². The number of nitrogens with one attached hydrogen (secondary N) is 1. The third-order valence-electron chi connectivity index (χ3n) is 7.95. The Hall–Kier alpha value is -4.23. The topological polar surface area (TPSA) is 133 Å². The van der Waals surface area contributed by atoms with Gasteiger partial charge in [-0.15, -0.1) is 0 Å². The molecule has 0 unspecified atom stereocenters. The van der Waals surface area contributed by atoms with E-state index >= 15 is 8.78 Å². The van der Waals surface area contributed by atoms with E-state index in [1.807, 2.05) is 17.0 Å². The number of piperidine rings is 1. The largest absolute Gasteiger partial charge is 0.388 e. The summed E-state index contributed by atoms with van der Waals surface area (Å²) in [7, 11) is 0. The number of aliphatic hydroxyl groups excluding tert-OH is 2. The van der Waals surface area contributed by atoms with Crippen molar-refractivity contribution in [3.8, 4) is 0 Å². The highest BCUT2D eigenvalue weighted by Gasteiger charge is 2.33. The molecule has 3 aromatic heterocycles. The number of rotatable bonds is 7. The lowest BCUT2D eigenvalue weighted by atomic mass is 10.1. The van der Waals surface area contributed by atoms with Crippen LogP contribution in [0.15, 0.2) is 43.1 Å². The monoisotopic (exact) mass is 578 g/mol. The Morgan fingerprint density at radius 1 is 1.02 bits per heavy atom. The van der Waals surface area contributed by atoms with Gasteiger partial charge in [-0.3, -0.25) is 4.79 Å². The Morgan fingerprint density at radius 2 is 1.74 bits per heavy atom. The second kappa shape index (κ2) is 11.6. The summed E-state index contributed by atoms with van der Waals surface area (Å²) >= 11 is 0. The van der Waals surface area contributed by atoms with Crippen LogP contribution < -0.4 is 10.2 Å². The number of aromatic nitrogens is 5. The van der Waals surface area contributed by atoms with Crippen molar-refractivity contribution in [3.05, 3.63) is 65.9 Å². The van der Waals surface area contributed by atoms with Crippen LogP contribution in [0.25, 0.3) is 11.0 Å². The van der Waals surface area contributed by atoms with Gasteiger partial charge in [-0.2, -0.15) is 0 Å². The minimum absolute atomic E-state index is 0.0000191.